The van der Waals surface area contributed by atoms with E-state index >= 15 is 0 Å². The van der Waals surface area contributed by atoms with Crippen LogP contribution in [0.1, 0.15) is 36.3 Å². The molecule has 1 aromatic heterocycles. The standard InChI is InChI=1S/C20H27NO4/c1-4-24-20(25-5-2)15-21-14-6-7-18(21)19(22)13-10-16-8-11-17(23-3)12-9-16/h6-9,11-12,14,20H,4-5,10,13,15H2,1-3H3. The molecule has 2 aromatic rings. The highest BCUT2D eigenvalue weighted by Gasteiger charge is 2.15. The van der Waals surface area contributed by atoms with Gasteiger partial charge < -0.3 is 18.8 Å². The molecule has 0 saturated carbocycles. The predicted molar refractivity (Wildman–Crippen MR) is 97.1 cm³/mol. The molecular weight excluding hydrogens is 318 g/mol. The zero-order chi connectivity index (χ0) is 18.1. The molecule has 5 nitrogen and oxygen atoms in total. The van der Waals surface area contributed by atoms with Crippen molar-refractivity contribution in [3.05, 3.63) is 53.9 Å². The lowest BCUT2D eigenvalue weighted by molar-refractivity contribution is -0.143. The van der Waals surface area contributed by atoms with Gasteiger partial charge in [-0.2, -0.15) is 0 Å². The van der Waals surface area contributed by atoms with Gasteiger partial charge in [0.2, 0.25) is 0 Å². The molecule has 1 aromatic carbocycles. The van der Waals surface area contributed by atoms with Crippen molar-refractivity contribution in [2.75, 3.05) is 20.3 Å². The lowest BCUT2D eigenvalue weighted by Gasteiger charge is -2.19. The smallest absolute Gasteiger partial charge is 0.179 e. The number of benzene rings is 1. The molecule has 0 atom stereocenters. The molecule has 2 rings (SSSR count). The maximum Gasteiger partial charge on any atom is 0.179 e. The Morgan fingerprint density at radius 3 is 2.36 bits per heavy atom. The molecule has 136 valence electrons. The third-order valence-corrected chi connectivity index (χ3v) is 3.97. The van der Waals surface area contributed by atoms with Crippen LogP contribution in [0.3, 0.4) is 0 Å². The Labute approximate surface area is 149 Å². The van der Waals surface area contributed by atoms with Crippen LogP contribution in [0.15, 0.2) is 42.6 Å². The van der Waals surface area contributed by atoms with Crippen LogP contribution in [0, 0.1) is 0 Å². The lowest BCUT2D eigenvalue weighted by atomic mass is 10.1. The second-order valence-electron chi connectivity index (χ2n) is 5.66. The molecule has 0 aliphatic carbocycles. The molecule has 0 spiro atoms. The average molecular weight is 345 g/mol. The third kappa shape index (κ3) is 5.73. The van der Waals surface area contributed by atoms with Crippen LogP contribution in [0.25, 0.3) is 0 Å². The zero-order valence-corrected chi connectivity index (χ0v) is 15.2. The number of ether oxygens (including phenoxy) is 3. The summed E-state index contributed by atoms with van der Waals surface area (Å²) in [5.74, 6) is 0.939. The van der Waals surface area contributed by atoms with Gasteiger partial charge >= 0.3 is 0 Å². The second-order valence-corrected chi connectivity index (χ2v) is 5.66. The first-order valence-electron chi connectivity index (χ1n) is 8.72. The Hall–Kier alpha value is -2.11. The van der Waals surface area contributed by atoms with E-state index in [1.54, 1.807) is 7.11 Å². The maximum absolute atomic E-state index is 12.6. The van der Waals surface area contributed by atoms with E-state index in [9.17, 15) is 4.79 Å². The predicted octanol–water partition coefficient (Wildman–Crippen LogP) is 3.71. The Bertz CT molecular complexity index is 642. The van der Waals surface area contributed by atoms with Gasteiger partial charge in [0.25, 0.3) is 0 Å². The Balaban J connectivity index is 1.96. The van der Waals surface area contributed by atoms with E-state index in [-0.39, 0.29) is 12.1 Å². The lowest BCUT2D eigenvalue weighted by Crippen LogP contribution is -2.25. The van der Waals surface area contributed by atoms with E-state index in [0.717, 1.165) is 11.3 Å². The van der Waals surface area contributed by atoms with Crippen LogP contribution >= 0.6 is 0 Å². The minimum atomic E-state index is -0.337. The minimum Gasteiger partial charge on any atom is -0.497 e. The number of ketones is 1. The van der Waals surface area contributed by atoms with Crippen molar-refractivity contribution in [2.45, 2.75) is 39.5 Å². The van der Waals surface area contributed by atoms with Crippen LogP contribution in [0.5, 0.6) is 5.75 Å². The van der Waals surface area contributed by atoms with E-state index in [1.807, 2.05) is 61.0 Å². The maximum atomic E-state index is 12.6. The Kier molecular flexibility index (Phi) is 7.70. The van der Waals surface area contributed by atoms with Gasteiger partial charge in [-0.25, -0.2) is 0 Å². The molecular formula is C20H27NO4. The minimum absolute atomic E-state index is 0.118. The number of rotatable bonds is 11. The topological polar surface area (TPSA) is 49.7 Å². The van der Waals surface area contributed by atoms with Crippen molar-refractivity contribution in [1.29, 1.82) is 0 Å². The first-order valence-corrected chi connectivity index (χ1v) is 8.72. The van der Waals surface area contributed by atoms with Crippen LogP contribution < -0.4 is 4.74 Å². The quantitative estimate of drug-likeness (QED) is 0.460. The highest BCUT2D eigenvalue weighted by molar-refractivity contribution is 5.94. The number of methoxy groups -OCH3 is 1. The number of carbonyl (C=O) groups is 1. The summed E-state index contributed by atoms with van der Waals surface area (Å²) in [5, 5.41) is 0. The molecule has 0 amide bonds. The molecule has 0 fully saturated rings. The Morgan fingerprint density at radius 1 is 1.08 bits per heavy atom. The van der Waals surface area contributed by atoms with E-state index in [4.69, 9.17) is 14.2 Å². The van der Waals surface area contributed by atoms with Gasteiger partial charge in [0.1, 0.15) is 5.75 Å². The van der Waals surface area contributed by atoms with Gasteiger partial charge in [0.05, 0.1) is 19.3 Å². The molecule has 0 unspecified atom stereocenters. The largest absolute Gasteiger partial charge is 0.497 e. The molecule has 0 saturated heterocycles. The van der Waals surface area contributed by atoms with Crippen molar-refractivity contribution in [3.63, 3.8) is 0 Å². The second kappa shape index (κ2) is 10.0. The monoisotopic (exact) mass is 345 g/mol. The molecule has 0 bridgehead atoms. The summed E-state index contributed by atoms with van der Waals surface area (Å²) in [6.07, 6.45) is 2.72. The number of Topliss-reactive ketones (excluding diaryl/α,β-unsaturated/α-hetero) is 1. The summed E-state index contributed by atoms with van der Waals surface area (Å²) in [5.41, 5.74) is 1.81. The number of hydrogen-bond acceptors (Lipinski definition) is 4. The highest BCUT2D eigenvalue weighted by Crippen LogP contribution is 2.15. The number of aromatic nitrogens is 1. The van der Waals surface area contributed by atoms with Crippen LogP contribution in [0.4, 0.5) is 0 Å². The summed E-state index contributed by atoms with van der Waals surface area (Å²) in [6, 6.07) is 11.5. The molecule has 0 aliphatic rings. The fraction of sp³-hybridized carbons (Fsp3) is 0.450. The van der Waals surface area contributed by atoms with Gasteiger partial charge in [-0.3, -0.25) is 4.79 Å². The summed E-state index contributed by atoms with van der Waals surface area (Å²) in [6.45, 7) is 5.53. The molecule has 25 heavy (non-hydrogen) atoms. The van der Waals surface area contributed by atoms with Gasteiger partial charge in [-0.1, -0.05) is 12.1 Å². The van der Waals surface area contributed by atoms with Crippen molar-refractivity contribution >= 4 is 5.78 Å². The molecule has 1 heterocycles. The van der Waals surface area contributed by atoms with Gasteiger partial charge in [0, 0.05) is 25.8 Å². The van der Waals surface area contributed by atoms with Crippen molar-refractivity contribution < 1.29 is 19.0 Å². The van der Waals surface area contributed by atoms with E-state index in [1.165, 1.54) is 0 Å². The summed E-state index contributed by atoms with van der Waals surface area (Å²) in [4.78, 5) is 12.6. The van der Waals surface area contributed by atoms with Crippen molar-refractivity contribution in [2.24, 2.45) is 0 Å². The van der Waals surface area contributed by atoms with Crippen molar-refractivity contribution in [3.8, 4) is 5.75 Å². The normalized spacial score (nSPS) is 11.0. The molecule has 0 aliphatic heterocycles. The Morgan fingerprint density at radius 2 is 1.76 bits per heavy atom. The summed E-state index contributed by atoms with van der Waals surface area (Å²) >= 11 is 0. The summed E-state index contributed by atoms with van der Waals surface area (Å²) in [7, 11) is 1.64. The van der Waals surface area contributed by atoms with Crippen LogP contribution in [-0.2, 0) is 22.4 Å². The first kappa shape index (κ1) is 19.2. The zero-order valence-electron chi connectivity index (χ0n) is 15.2. The van der Waals surface area contributed by atoms with Gasteiger partial charge in [-0.05, 0) is 50.1 Å². The number of aryl methyl sites for hydroxylation is 1. The fourth-order valence-electron chi connectivity index (χ4n) is 2.69. The number of carbonyl (C=O) groups excluding carboxylic acids is 1. The fourth-order valence-corrected chi connectivity index (χ4v) is 2.69. The SMILES string of the molecule is CCOC(Cn1cccc1C(=O)CCc1ccc(OC)cc1)OCC. The molecule has 0 radical (unpaired) electrons. The average Bonchev–Trinajstić information content (AvgIpc) is 3.09. The van der Waals surface area contributed by atoms with Gasteiger partial charge in [0.15, 0.2) is 12.1 Å². The van der Waals surface area contributed by atoms with Crippen LogP contribution in [-0.4, -0.2) is 37.0 Å². The summed E-state index contributed by atoms with van der Waals surface area (Å²) < 4.78 is 18.2. The van der Waals surface area contributed by atoms with Crippen LogP contribution in [0.2, 0.25) is 0 Å². The number of nitrogens with zero attached hydrogens (tertiary/aromatic N) is 1. The number of hydrogen-bond donors (Lipinski definition) is 0. The first-order chi connectivity index (χ1) is 12.2. The van der Waals surface area contributed by atoms with Gasteiger partial charge in [-0.15, -0.1) is 0 Å². The highest BCUT2D eigenvalue weighted by atomic mass is 16.7. The van der Waals surface area contributed by atoms with E-state index < -0.39 is 0 Å². The van der Waals surface area contributed by atoms with E-state index in [0.29, 0.717) is 38.3 Å². The van der Waals surface area contributed by atoms with E-state index in [2.05, 4.69) is 0 Å². The molecule has 0 N–H and O–H groups in total. The molecule has 5 heteroatoms. The van der Waals surface area contributed by atoms with Crippen molar-refractivity contribution in [1.82, 2.24) is 4.57 Å². The third-order valence-electron chi connectivity index (χ3n) is 3.97.